The van der Waals surface area contributed by atoms with E-state index in [1.165, 1.54) is 0 Å². The van der Waals surface area contributed by atoms with Gasteiger partial charge in [0, 0.05) is 31.9 Å². The molecule has 1 aromatic carbocycles. The second-order valence-corrected chi connectivity index (χ2v) is 6.91. The fourth-order valence-corrected chi connectivity index (χ4v) is 2.04. The highest BCUT2D eigenvalue weighted by atomic mass is 127. The Kier molecular flexibility index (Phi) is 10.5. The van der Waals surface area contributed by atoms with E-state index in [9.17, 15) is 4.79 Å². The number of amides is 1. The van der Waals surface area contributed by atoms with E-state index < -0.39 is 0 Å². The van der Waals surface area contributed by atoms with Crippen LogP contribution in [-0.2, 0) is 11.3 Å². The molecule has 0 bridgehead atoms. The second kappa shape index (κ2) is 11.2. The van der Waals surface area contributed by atoms with Crippen molar-refractivity contribution in [2.75, 3.05) is 32.1 Å². The minimum atomic E-state index is -0.234. The quantitative estimate of drug-likeness (QED) is 0.346. The summed E-state index contributed by atoms with van der Waals surface area (Å²) < 4.78 is 0. The molecule has 7 heteroatoms. The first-order valence-electron chi connectivity index (χ1n) is 8.30. The summed E-state index contributed by atoms with van der Waals surface area (Å²) >= 11 is 0. The van der Waals surface area contributed by atoms with Gasteiger partial charge >= 0.3 is 0 Å². The summed E-state index contributed by atoms with van der Waals surface area (Å²) in [4.78, 5) is 18.5. The van der Waals surface area contributed by atoms with Crippen molar-refractivity contribution in [2.24, 2.45) is 4.99 Å². The lowest BCUT2D eigenvalue weighted by Crippen LogP contribution is -2.48. The summed E-state index contributed by atoms with van der Waals surface area (Å²) in [5.74, 6) is 0.585. The third kappa shape index (κ3) is 10.2. The molecular weight excluding hydrogens is 429 g/mol. The minimum Gasteiger partial charge on any atom is -0.378 e. The third-order valence-electron chi connectivity index (χ3n) is 3.15. The number of carbonyl (C=O) groups excluding carboxylic acids is 1. The minimum absolute atomic E-state index is 0. The van der Waals surface area contributed by atoms with Crippen molar-refractivity contribution in [3.05, 3.63) is 29.8 Å². The van der Waals surface area contributed by atoms with Crippen LogP contribution in [0.25, 0.3) is 0 Å². The zero-order valence-corrected chi connectivity index (χ0v) is 18.5. The van der Waals surface area contributed by atoms with Crippen LogP contribution in [0.4, 0.5) is 5.69 Å². The average molecular weight is 461 g/mol. The summed E-state index contributed by atoms with van der Waals surface area (Å²) in [6.07, 6.45) is 0. The maximum absolute atomic E-state index is 11.9. The number of nitrogens with one attached hydrogen (secondary N) is 3. The Labute approximate surface area is 168 Å². The number of aliphatic imine (C=N–C) groups is 1. The van der Waals surface area contributed by atoms with Gasteiger partial charge in [0.25, 0.3) is 0 Å². The molecule has 0 saturated carbocycles. The molecule has 0 aliphatic carbocycles. The van der Waals surface area contributed by atoms with E-state index in [1.807, 2.05) is 41.8 Å². The van der Waals surface area contributed by atoms with E-state index >= 15 is 0 Å². The molecule has 3 N–H and O–H groups in total. The highest BCUT2D eigenvalue weighted by Gasteiger charge is 2.13. The molecule has 0 atom stereocenters. The maximum Gasteiger partial charge on any atom is 0.239 e. The average Bonchev–Trinajstić information content (AvgIpc) is 2.48. The van der Waals surface area contributed by atoms with Crippen LogP contribution in [0, 0.1) is 0 Å². The zero-order valence-electron chi connectivity index (χ0n) is 16.1. The number of halogens is 1. The highest BCUT2D eigenvalue weighted by molar-refractivity contribution is 14.0. The van der Waals surface area contributed by atoms with Gasteiger partial charge in [-0.05, 0) is 45.4 Å². The predicted octanol–water partition coefficient (Wildman–Crippen LogP) is 2.34. The molecule has 0 unspecified atom stereocenters. The van der Waals surface area contributed by atoms with Gasteiger partial charge in [0.15, 0.2) is 5.96 Å². The molecule has 0 spiro atoms. The summed E-state index contributed by atoms with van der Waals surface area (Å²) in [6.45, 7) is 9.38. The fraction of sp³-hybridized carbons (Fsp3) is 0.556. The first-order chi connectivity index (χ1) is 11.2. The first-order valence-corrected chi connectivity index (χ1v) is 8.30. The van der Waals surface area contributed by atoms with Crippen LogP contribution in [0.1, 0.15) is 33.3 Å². The lowest BCUT2D eigenvalue weighted by Gasteiger charge is -2.21. The van der Waals surface area contributed by atoms with Crippen LogP contribution in [0.2, 0.25) is 0 Å². The van der Waals surface area contributed by atoms with E-state index in [2.05, 4.69) is 50.1 Å². The van der Waals surface area contributed by atoms with E-state index in [1.54, 1.807) is 0 Å². The van der Waals surface area contributed by atoms with Gasteiger partial charge in [0.05, 0.1) is 13.1 Å². The number of anilines is 1. The summed E-state index contributed by atoms with van der Waals surface area (Å²) in [6, 6.07) is 8.27. The third-order valence-corrected chi connectivity index (χ3v) is 3.15. The van der Waals surface area contributed by atoms with Crippen molar-refractivity contribution in [1.82, 2.24) is 16.0 Å². The Hall–Kier alpha value is -1.51. The molecule has 0 aliphatic rings. The van der Waals surface area contributed by atoms with Gasteiger partial charge in [-0.3, -0.25) is 4.79 Å². The molecule has 0 radical (unpaired) electrons. The van der Waals surface area contributed by atoms with Crippen LogP contribution in [0.5, 0.6) is 0 Å². The van der Waals surface area contributed by atoms with E-state index in [0.717, 1.165) is 17.8 Å². The number of hydrogen-bond donors (Lipinski definition) is 3. The molecule has 1 aromatic rings. The Bertz CT molecular complexity index is 550. The van der Waals surface area contributed by atoms with Crippen molar-refractivity contribution in [1.29, 1.82) is 0 Å². The molecule has 0 aromatic heterocycles. The monoisotopic (exact) mass is 461 g/mol. The molecule has 0 saturated heterocycles. The Balaban J connectivity index is 0.00000576. The maximum atomic E-state index is 11.9. The van der Waals surface area contributed by atoms with E-state index in [4.69, 9.17) is 0 Å². The van der Waals surface area contributed by atoms with E-state index in [0.29, 0.717) is 12.5 Å². The molecule has 1 rings (SSSR count). The van der Waals surface area contributed by atoms with Crippen molar-refractivity contribution >= 4 is 41.5 Å². The highest BCUT2D eigenvalue weighted by Crippen LogP contribution is 2.12. The number of benzene rings is 1. The van der Waals surface area contributed by atoms with Gasteiger partial charge in [-0.25, -0.2) is 4.99 Å². The summed E-state index contributed by atoms with van der Waals surface area (Å²) in [5, 5.41) is 9.13. The van der Waals surface area contributed by atoms with Crippen LogP contribution in [0.3, 0.4) is 0 Å². The first kappa shape index (κ1) is 23.5. The molecule has 142 valence electrons. The van der Waals surface area contributed by atoms with Crippen molar-refractivity contribution < 1.29 is 4.79 Å². The molecule has 0 aliphatic heterocycles. The SMILES string of the molecule is CCNC(=NCc1ccc(N(C)C)cc1)NCC(=O)NC(C)(C)C.I. The molecule has 0 heterocycles. The Morgan fingerprint density at radius 3 is 2.20 bits per heavy atom. The normalized spacial score (nSPS) is 11.4. The topological polar surface area (TPSA) is 68.8 Å². The Morgan fingerprint density at radius 1 is 1.12 bits per heavy atom. The number of carbonyl (C=O) groups is 1. The van der Waals surface area contributed by atoms with E-state index in [-0.39, 0.29) is 42.0 Å². The lowest BCUT2D eigenvalue weighted by atomic mass is 10.1. The Morgan fingerprint density at radius 2 is 1.72 bits per heavy atom. The number of guanidine groups is 1. The fourth-order valence-electron chi connectivity index (χ4n) is 2.04. The van der Waals surface area contributed by atoms with Crippen molar-refractivity contribution in [3.63, 3.8) is 0 Å². The van der Waals surface area contributed by atoms with Crippen LogP contribution in [-0.4, -0.2) is 44.6 Å². The van der Waals surface area contributed by atoms with Gasteiger partial charge in [-0.1, -0.05) is 12.1 Å². The van der Waals surface area contributed by atoms with Gasteiger partial charge in [-0.2, -0.15) is 0 Å². The van der Waals surface area contributed by atoms with Gasteiger partial charge in [-0.15, -0.1) is 24.0 Å². The molecule has 0 fully saturated rings. The molecular formula is C18H32IN5O. The summed E-state index contributed by atoms with van der Waals surface area (Å²) in [7, 11) is 4.03. The standard InChI is InChI=1S/C18H31N5O.HI/c1-7-19-17(21-13-16(24)22-18(2,3)4)20-12-14-8-10-15(11-9-14)23(5)6;/h8-11H,7,12-13H2,1-6H3,(H,22,24)(H2,19,20,21);1H. The lowest BCUT2D eigenvalue weighted by molar-refractivity contribution is -0.121. The zero-order chi connectivity index (χ0) is 18.2. The van der Waals surface area contributed by atoms with Crippen molar-refractivity contribution in [2.45, 2.75) is 39.8 Å². The second-order valence-electron chi connectivity index (χ2n) is 6.91. The van der Waals surface area contributed by atoms with Gasteiger partial charge in [0.1, 0.15) is 0 Å². The van der Waals surface area contributed by atoms with Crippen LogP contribution < -0.4 is 20.9 Å². The van der Waals surface area contributed by atoms with Crippen molar-refractivity contribution in [3.8, 4) is 0 Å². The molecule has 1 amide bonds. The van der Waals surface area contributed by atoms with Gasteiger partial charge < -0.3 is 20.9 Å². The van der Waals surface area contributed by atoms with Crippen LogP contribution >= 0.6 is 24.0 Å². The number of hydrogen-bond acceptors (Lipinski definition) is 3. The van der Waals surface area contributed by atoms with Crippen LogP contribution in [0.15, 0.2) is 29.3 Å². The molecule has 25 heavy (non-hydrogen) atoms. The largest absolute Gasteiger partial charge is 0.378 e. The number of nitrogens with zero attached hydrogens (tertiary/aromatic N) is 2. The predicted molar refractivity (Wildman–Crippen MR) is 117 cm³/mol. The van der Waals surface area contributed by atoms with Gasteiger partial charge in [0.2, 0.25) is 5.91 Å². The smallest absolute Gasteiger partial charge is 0.239 e. The molecule has 6 nitrogen and oxygen atoms in total. The summed E-state index contributed by atoms with van der Waals surface area (Å²) in [5.41, 5.74) is 2.05. The number of rotatable bonds is 6.